The number of rotatable bonds is 4. The number of amides is 1. The number of carbonyl (C=O) groups excluding carboxylic acids is 2. The number of hydrogen-bond acceptors (Lipinski definition) is 5. The average Bonchev–Trinajstić information content (AvgIpc) is 2.43. The molecule has 0 saturated heterocycles. The normalized spacial score (nSPS) is 12.2. The van der Waals surface area contributed by atoms with Crippen molar-refractivity contribution in [2.24, 2.45) is 0 Å². The van der Waals surface area contributed by atoms with Gasteiger partial charge in [-0.3, -0.25) is 4.79 Å². The predicted octanol–water partition coefficient (Wildman–Crippen LogP) is 3.03. The third-order valence-corrected chi connectivity index (χ3v) is 3.52. The standard InChI is InChI=1S/C15H17ClN2O3S/c1-15(2,3)21-14(20)12(8-17)18-13(19)10-7-9(22-4)5-6-11(10)16/h5-7,12H,1-4H3,(H,18,19). The van der Waals surface area contributed by atoms with Crippen LogP contribution in [0, 0.1) is 11.3 Å². The summed E-state index contributed by atoms with van der Waals surface area (Å²) in [6.07, 6.45) is 1.86. The molecule has 1 aromatic carbocycles. The smallest absolute Gasteiger partial charge is 0.344 e. The lowest BCUT2D eigenvalue weighted by Crippen LogP contribution is -2.43. The van der Waals surface area contributed by atoms with E-state index in [1.54, 1.807) is 45.0 Å². The van der Waals surface area contributed by atoms with Crippen molar-refractivity contribution in [1.29, 1.82) is 5.26 Å². The Balaban J connectivity index is 2.90. The molecule has 118 valence electrons. The van der Waals surface area contributed by atoms with E-state index >= 15 is 0 Å². The minimum atomic E-state index is -1.39. The van der Waals surface area contributed by atoms with E-state index in [1.807, 2.05) is 6.26 Å². The highest BCUT2D eigenvalue weighted by atomic mass is 35.5. The van der Waals surface area contributed by atoms with Gasteiger partial charge in [0.05, 0.1) is 16.7 Å². The molecule has 7 heteroatoms. The van der Waals surface area contributed by atoms with Gasteiger partial charge in [0.1, 0.15) is 5.60 Å². The van der Waals surface area contributed by atoms with Gasteiger partial charge in [-0.25, -0.2) is 4.79 Å². The molecule has 0 bridgehead atoms. The molecule has 0 spiro atoms. The van der Waals surface area contributed by atoms with Gasteiger partial charge in [-0.2, -0.15) is 5.26 Å². The van der Waals surface area contributed by atoms with Crippen molar-refractivity contribution in [1.82, 2.24) is 5.32 Å². The van der Waals surface area contributed by atoms with Crippen LogP contribution in [-0.2, 0) is 9.53 Å². The topological polar surface area (TPSA) is 79.2 Å². The maximum atomic E-state index is 12.2. The molecule has 1 rings (SSSR count). The van der Waals surface area contributed by atoms with Crippen LogP contribution in [-0.4, -0.2) is 29.8 Å². The summed E-state index contributed by atoms with van der Waals surface area (Å²) in [4.78, 5) is 24.9. The number of thioether (sulfide) groups is 1. The number of halogens is 1. The fourth-order valence-corrected chi connectivity index (χ4v) is 2.16. The molecule has 0 aromatic heterocycles. The van der Waals surface area contributed by atoms with Crippen LogP contribution in [0.5, 0.6) is 0 Å². The molecule has 0 aliphatic rings. The molecule has 1 N–H and O–H groups in total. The predicted molar refractivity (Wildman–Crippen MR) is 85.9 cm³/mol. The van der Waals surface area contributed by atoms with E-state index in [0.29, 0.717) is 0 Å². The van der Waals surface area contributed by atoms with Gasteiger partial charge in [0.25, 0.3) is 5.91 Å². The van der Waals surface area contributed by atoms with Crippen LogP contribution in [0.1, 0.15) is 31.1 Å². The van der Waals surface area contributed by atoms with Crippen LogP contribution in [0.3, 0.4) is 0 Å². The summed E-state index contributed by atoms with van der Waals surface area (Å²) in [7, 11) is 0. The molecular weight excluding hydrogens is 324 g/mol. The number of nitrogens with one attached hydrogen (secondary N) is 1. The number of nitrogens with zero attached hydrogens (tertiary/aromatic N) is 1. The summed E-state index contributed by atoms with van der Waals surface area (Å²) in [5.41, 5.74) is -0.537. The third-order valence-electron chi connectivity index (χ3n) is 2.47. The molecule has 0 aliphatic heterocycles. The quantitative estimate of drug-likeness (QED) is 0.673. The molecule has 1 aromatic rings. The Morgan fingerprint density at radius 1 is 1.41 bits per heavy atom. The number of benzene rings is 1. The van der Waals surface area contributed by atoms with E-state index in [9.17, 15) is 9.59 Å². The summed E-state index contributed by atoms with van der Waals surface area (Å²) in [5, 5.41) is 11.6. The highest BCUT2D eigenvalue weighted by Crippen LogP contribution is 2.23. The molecule has 0 aliphatic carbocycles. The summed E-state index contributed by atoms with van der Waals surface area (Å²) in [6, 6.07) is 5.30. The van der Waals surface area contributed by atoms with Crippen molar-refractivity contribution in [2.75, 3.05) is 6.26 Å². The zero-order valence-electron chi connectivity index (χ0n) is 12.8. The Hall–Kier alpha value is -1.71. The van der Waals surface area contributed by atoms with Gasteiger partial charge in [0.2, 0.25) is 6.04 Å². The first-order chi connectivity index (χ1) is 10.2. The van der Waals surface area contributed by atoms with Crippen LogP contribution in [0.15, 0.2) is 23.1 Å². The number of nitriles is 1. The number of ether oxygens (including phenoxy) is 1. The summed E-state index contributed by atoms with van der Waals surface area (Å²) >= 11 is 7.44. The zero-order valence-corrected chi connectivity index (χ0v) is 14.3. The first-order valence-electron chi connectivity index (χ1n) is 6.45. The molecule has 1 amide bonds. The second-order valence-corrected chi connectivity index (χ2v) is 6.70. The minimum Gasteiger partial charge on any atom is -0.458 e. The van der Waals surface area contributed by atoms with Gasteiger partial charge < -0.3 is 10.1 Å². The van der Waals surface area contributed by atoms with Crippen molar-refractivity contribution in [3.05, 3.63) is 28.8 Å². The first kappa shape index (κ1) is 18.3. The lowest BCUT2D eigenvalue weighted by atomic mass is 10.1. The van der Waals surface area contributed by atoms with Crippen molar-refractivity contribution < 1.29 is 14.3 Å². The molecule has 1 atom stereocenters. The highest BCUT2D eigenvalue weighted by molar-refractivity contribution is 7.98. The molecule has 1 unspecified atom stereocenters. The SMILES string of the molecule is CSc1ccc(Cl)c(C(=O)NC(C#N)C(=O)OC(C)(C)C)c1. The molecule has 0 fully saturated rings. The van der Waals surface area contributed by atoms with Crippen molar-refractivity contribution in [3.63, 3.8) is 0 Å². The Bertz CT molecular complexity index is 620. The Kier molecular flexibility index (Phi) is 6.27. The largest absolute Gasteiger partial charge is 0.458 e. The molecule has 5 nitrogen and oxygen atoms in total. The third kappa shape index (κ3) is 5.24. The fraction of sp³-hybridized carbons (Fsp3) is 0.400. The fourth-order valence-electron chi connectivity index (χ4n) is 1.52. The summed E-state index contributed by atoms with van der Waals surface area (Å²) in [5.74, 6) is -1.40. The molecular formula is C15H17ClN2O3S. The maximum absolute atomic E-state index is 12.2. The number of carbonyl (C=O) groups is 2. The van der Waals surface area contributed by atoms with Crippen LogP contribution in [0.4, 0.5) is 0 Å². The van der Waals surface area contributed by atoms with E-state index in [4.69, 9.17) is 21.6 Å². The molecule has 0 radical (unpaired) electrons. The zero-order chi connectivity index (χ0) is 16.9. The summed E-state index contributed by atoms with van der Waals surface area (Å²) < 4.78 is 5.09. The van der Waals surface area contributed by atoms with Crippen LogP contribution < -0.4 is 5.32 Å². The monoisotopic (exact) mass is 340 g/mol. The summed E-state index contributed by atoms with van der Waals surface area (Å²) in [6.45, 7) is 5.04. The van der Waals surface area contributed by atoms with Crippen molar-refractivity contribution in [3.8, 4) is 6.07 Å². The van der Waals surface area contributed by atoms with E-state index < -0.39 is 23.5 Å². The number of esters is 1. The minimum absolute atomic E-state index is 0.206. The van der Waals surface area contributed by atoms with E-state index in [1.165, 1.54) is 11.8 Å². The van der Waals surface area contributed by atoms with Gasteiger partial charge in [-0.05, 0) is 45.2 Å². The van der Waals surface area contributed by atoms with Crippen LogP contribution >= 0.6 is 23.4 Å². The maximum Gasteiger partial charge on any atom is 0.344 e. The Labute approximate surface area is 139 Å². The lowest BCUT2D eigenvalue weighted by Gasteiger charge is -2.21. The van der Waals surface area contributed by atoms with E-state index in [-0.39, 0.29) is 10.6 Å². The van der Waals surface area contributed by atoms with E-state index in [0.717, 1.165) is 4.90 Å². The van der Waals surface area contributed by atoms with Crippen LogP contribution in [0.2, 0.25) is 5.02 Å². The first-order valence-corrected chi connectivity index (χ1v) is 8.05. The number of hydrogen-bond donors (Lipinski definition) is 1. The second kappa shape index (κ2) is 7.52. The molecule has 22 heavy (non-hydrogen) atoms. The second-order valence-electron chi connectivity index (χ2n) is 5.41. The molecule has 0 saturated carbocycles. The Morgan fingerprint density at radius 2 is 2.05 bits per heavy atom. The van der Waals surface area contributed by atoms with Gasteiger partial charge in [0, 0.05) is 4.90 Å². The van der Waals surface area contributed by atoms with Gasteiger partial charge in [-0.15, -0.1) is 11.8 Å². The van der Waals surface area contributed by atoms with Crippen molar-refractivity contribution >= 4 is 35.2 Å². The Morgan fingerprint density at radius 3 is 2.55 bits per heavy atom. The molecule has 0 heterocycles. The van der Waals surface area contributed by atoms with Gasteiger partial charge in [-0.1, -0.05) is 11.6 Å². The van der Waals surface area contributed by atoms with E-state index in [2.05, 4.69) is 5.32 Å². The van der Waals surface area contributed by atoms with Crippen molar-refractivity contribution in [2.45, 2.75) is 37.3 Å². The van der Waals surface area contributed by atoms with Gasteiger partial charge >= 0.3 is 5.97 Å². The highest BCUT2D eigenvalue weighted by Gasteiger charge is 2.27. The average molecular weight is 341 g/mol. The van der Waals surface area contributed by atoms with Crippen LogP contribution in [0.25, 0.3) is 0 Å². The lowest BCUT2D eigenvalue weighted by molar-refractivity contribution is -0.155. The van der Waals surface area contributed by atoms with Gasteiger partial charge in [0.15, 0.2) is 0 Å².